The van der Waals surface area contributed by atoms with Crippen molar-refractivity contribution in [2.75, 3.05) is 12.4 Å². The van der Waals surface area contributed by atoms with Crippen molar-refractivity contribution in [1.82, 2.24) is 0 Å². The van der Waals surface area contributed by atoms with Gasteiger partial charge in [0.25, 0.3) is 5.69 Å². The number of nitro benzene ring substituents is 1. The van der Waals surface area contributed by atoms with Crippen molar-refractivity contribution in [3.05, 3.63) is 69.8 Å². The van der Waals surface area contributed by atoms with Crippen LogP contribution in [0.3, 0.4) is 0 Å². The minimum atomic E-state index is -0.398. The second-order valence-corrected chi connectivity index (χ2v) is 4.41. The average Bonchev–Trinajstić information content (AvgIpc) is 2.46. The number of hydrogen-bond acceptors (Lipinski definition) is 4. The number of rotatable bonds is 6. The van der Waals surface area contributed by atoms with Crippen LogP contribution in [0.2, 0.25) is 0 Å². The third-order valence-electron chi connectivity index (χ3n) is 2.86. The second-order valence-electron chi connectivity index (χ2n) is 4.41. The van der Waals surface area contributed by atoms with Gasteiger partial charge < -0.3 is 10.1 Å². The second kappa shape index (κ2) is 6.68. The van der Waals surface area contributed by atoms with E-state index in [2.05, 4.69) is 5.32 Å². The fourth-order valence-electron chi connectivity index (χ4n) is 1.93. The first-order valence-corrected chi connectivity index (χ1v) is 6.24. The van der Waals surface area contributed by atoms with Gasteiger partial charge in [0.05, 0.1) is 11.5 Å². The number of anilines is 1. The van der Waals surface area contributed by atoms with Gasteiger partial charge >= 0.3 is 0 Å². The molecule has 0 spiro atoms. The Hall–Kier alpha value is -2.40. The zero-order valence-electron chi connectivity index (χ0n) is 11.2. The zero-order valence-corrected chi connectivity index (χ0v) is 11.2. The molecule has 0 aromatic heterocycles. The Balaban J connectivity index is 2.03. The molecule has 2 rings (SSSR count). The fraction of sp³-hybridized carbons (Fsp3) is 0.200. The van der Waals surface area contributed by atoms with Crippen molar-refractivity contribution >= 4 is 11.4 Å². The molecule has 0 bridgehead atoms. The smallest absolute Gasteiger partial charge is 0.271 e. The van der Waals surface area contributed by atoms with Crippen LogP contribution in [0.5, 0.6) is 0 Å². The molecule has 0 heterocycles. The first kappa shape index (κ1) is 14.0. The van der Waals surface area contributed by atoms with Gasteiger partial charge in [-0.05, 0) is 17.2 Å². The monoisotopic (exact) mass is 272 g/mol. The van der Waals surface area contributed by atoms with Gasteiger partial charge in [0.1, 0.15) is 0 Å². The number of ether oxygens (including phenoxy) is 1. The topological polar surface area (TPSA) is 64.4 Å². The lowest BCUT2D eigenvalue weighted by Gasteiger charge is -2.08. The summed E-state index contributed by atoms with van der Waals surface area (Å²) >= 11 is 0. The van der Waals surface area contributed by atoms with Crippen LogP contribution in [0.15, 0.2) is 48.5 Å². The van der Waals surface area contributed by atoms with E-state index in [1.165, 1.54) is 12.1 Å². The van der Waals surface area contributed by atoms with E-state index in [9.17, 15) is 10.1 Å². The van der Waals surface area contributed by atoms with E-state index < -0.39 is 4.92 Å². The molecule has 0 saturated carbocycles. The highest BCUT2D eigenvalue weighted by molar-refractivity contribution is 5.51. The molecule has 2 aromatic rings. The van der Waals surface area contributed by atoms with E-state index in [0.717, 1.165) is 16.8 Å². The minimum Gasteiger partial charge on any atom is -0.381 e. The van der Waals surface area contributed by atoms with Crippen LogP contribution >= 0.6 is 0 Å². The summed E-state index contributed by atoms with van der Waals surface area (Å²) in [6, 6.07) is 14.5. The van der Waals surface area contributed by atoms with Crippen LogP contribution in [0.1, 0.15) is 11.1 Å². The van der Waals surface area contributed by atoms with Crippen LogP contribution in [0, 0.1) is 10.1 Å². The van der Waals surface area contributed by atoms with Crippen LogP contribution in [-0.4, -0.2) is 12.0 Å². The lowest BCUT2D eigenvalue weighted by atomic mass is 10.1. The zero-order chi connectivity index (χ0) is 14.4. The summed E-state index contributed by atoms with van der Waals surface area (Å²) in [7, 11) is 1.66. The number of nitrogens with one attached hydrogen (secondary N) is 1. The lowest BCUT2D eigenvalue weighted by Crippen LogP contribution is -2.01. The largest absolute Gasteiger partial charge is 0.381 e. The summed E-state index contributed by atoms with van der Waals surface area (Å²) in [6.45, 7) is 1.18. The molecular weight excluding hydrogens is 256 g/mol. The van der Waals surface area contributed by atoms with E-state index in [1.807, 2.05) is 30.3 Å². The quantitative estimate of drug-likeness (QED) is 0.647. The molecule has 0 aliphatic heterocycles. The van der Waals surface area contributed by atoms with Gasteiger partial charge in [0.15, 0.2) is 0 Å². The number of benzene rings is 2. The standard InChI is InChI=1S/C15H16N2O3/c1-20-11-13-5-2-4-12(8-13)10-16-14-6-3-7-15(9-14)17(18)19/h2-9,16H,10-11H2,1H3. The van der Waals surface area contributed by atoms with Gasteiger partial charge in [-0.1, -0.05) is 30.3 Å². The van der Waals surface area contributed by atoms with Gasteiger partial charge in [0, 0.05) is 31.5 Å². The molecule has 0 unspecified atom stereocenters. The van der Waals surface area contributed by atoms with Gasteiger partial charge in [-0.2, -0.15) is 0 Å². The number of nitrogens with zero attached hydrogens (tertiary/aromatic N) is 1. The third kappa shape index (κ3) is 3.80. The van der Waals surface area contributed by atoms with E-state index in [4.69, 9.17) is 4.74 Å². The van der Waals surface area contributed by atoms with Crippen molar-refractivity contribution in [2.24, 2.45) is 0 Å². The maximum absolute atomic E-state index is 10.7. The molecule has 0 radical (unpaired) electrons. The molecule has 2 aromatic carbocycles. The molecule has 0 amide bonds. The van der Waals surface area contributed by atoms with Crippen molar-refractivity contribution in [2.45, 2.75) is 13.2 Å². The van der Waals surface area contributed by atoms with E-state index in [-0.39, 0.29) is 5.69 Å². The maximum atomic E-state index is 10.7. The molecule has 0 saturated heterocycles. The van der Waals surface area contributed by atoms with Crippen LogP contribution in [0.4, 0.5) is 11.4 Å². The van der Waals surface area contributed by atoms with Gasteiger partial charge in [-0.15, -0.1) is 0 Å². The Morgan fingerprint density at radius 2 is 1.90 bits per heavy atom. The predicted octanol–water partition coefficient (Wildman–Crippen LogP) is 3.35. The fourth-order valence-corrected chi connectivity index (χ4v) is 1.93. The summed E-state index contributed by atoms with van der Waals surface area (Å²) in [5.41, 5.74) is 3.02. The van der Waals surface area contributed by atoms with Crippen molar-refractivity contribution in [3.63, 3.8) is 0 Å². The molecule has 104 valence electrons. The van der Waals surface area contributed by atoms with Crippen molar-refractivity contribution in [3.8, 4) is 0 Å². The van der Waals surface area contributed by atoms with Gasteiger partial charge in [0.2, 0.25) is 0 Å². The van der Waals surface area contributed by atoms with Gasteiger partial charge in [-0.3, -0.25) is 10.1 Å². The highest BCUT2D eigenvalue weighted by Crippen LogP contribution is 2.18. The number of non-ortho nitro benzene ring substituents is 1. The molecule has 1 N–H and O–H groups in total. The average molecular weight is 272 g/mol. The molecule has 0 aliphatic carbocycles. The molecule has 0 aliphatic rings. The van der Waals surface area contributed by atoms with Crippen molar-refractivity contribution in [1.29, 1.82) is 0 Å². The first-order chi connectivity index (χ1) is 9.69. The molecule has 0 fully saturated rings. The Bertz CT molecular complexity index is 599. The Kier molecular flexibility index (Phi) is 4.68. The normalized spacial score (nSPS) is 10.2. The van der Waals surface area contributed by atoms with Gasteiger partial charge in [-0.25, -0.2) is 0 Å². The SMILES string of the molecule is COCc1cccc(CNc2cccc([N+](=O)[O-])c2)c1. The highest BCUT2D eigenvalue weighted by Gasteiger charge is 2.05. The highest BCUT2D eigenvalue weighted by atomic mass is 16.6. The maximum Gasteiger partial charge on any atom is 0.271 e. The van der Waals surface area contributed by atoms with Crippen LogP contribution in [0.25, 0.3) is 0 Å². The first-order valence-electron chi connectivity index (χ1n) is 6.24. The molecule has 5 nitrogen and oxygen atoms in total. The predicted molar refractivity (Wildman–Crippen MR) is 77.6 cm³/mol. The third-order valence-corrected chi connectivity index (χ3v) is 2.86. The lowest BCUT2D eigenvalue weighted by molar-refractivity contribution is -0.384. The molecule has 20 heavy (non-hydrogen) atoms. The molecular formula is C15H16N2O3. The summed E-state index contributed by atoms with van der Waals surface area (Å²) in [6.07, 6.45) is 0. The Morgan fingerprint density at radius 3 is 2.65 bits per heavy atom. The number of nitro groups is 1. The summed E-state index contributed by atoms with van der Waals surface area (Å²) in [5.74, 6) is 0. The van der Waals surface area contributed by atoms with E-state index >= 15 is 0 Å². The van der Waals surface area contributed by atoms with Crippen LogP contribution < -0.4 is 5.32 Å². The summed E-state index contributed by atoms with van der Waals surface area (Å²) < 4.78 is 5.09. The van der Waals surface area contributed by atoms with Crippen LogP contribution in [-0.2, 0) is 17.9 Å². The summed E-state index contributed by atoms with van der Waals surface area (Å²) in [4.78, 5) is 10.3. The number of methoxy groups -OCH3 is 1. The molecule has 0 atom stereocenters. The minimum absolute atomic E-state index is 0.0862. The summed E-state index contributed by atoms with van der Waals surface area (Å²) in [5, 5.41) is 13.9. The Morgan fingerprint density at radius 1 is 1.15 bits per heavy atom. The van der Waals surface area contributed by atoms with Crippen molar-refractivity contribution < 1.29 is 9.66 Å². The van der Waals surface area contributed by atoms with E-state index in [1.54, 1.807) is 13.2 Å². The Labute approximate surface area is 117 Å². The van der Waals surface area contributed by atoms with E-state index in [0.29, 0.717) is 13.2 Å². The number of hydrogen-bond donors (Lipinski definition) is 1. The molecule has 5 heteroatoms.